The number of aliphatic hydroxyl groups excluding tert-OH is 2. The summed E-state index contributed by atoms with van der Waals surface area (Å²) in [7, 11) is 1.22. The Labute approximate surface area is 115 Å². The van der Waals surface area contributed by atoms with Gasteiger partial charge >= 0.3 is 5.69 Å². The molecule has 0 aliphatic carbocycles. The highest BCUT2D eigenvalue weighted by Crippen LogP contribution is 2.28. The minimum Gasteiger partial charge on any atom is -0.393 e. The molecule has 0 fully saturated rings. The van der Waals surface area contributed by atoms with Crippen molar-refractivity contribution in [1.82, 2.24) is 9.55 Å². The molecule has 20 heavy (non-hydrogen) atoms. The topological polar surface area (TPSA) is 111 Å². The first-order valence-electron chi connectivity index (χ1n) is 5.85. The molecule has 1 rings (SSSR count). The minimum absolute atomic E-state index is 0.00125. The van der Waals surface area contributed by atoms with Crippen LogP contribution in [0.25, 0.3) is 0 Å². The quantitative estimate of drug-likeness (QED) is 0.589. The van der Waals surface area contributed by atoms with Gasteiger partial charge in [0, 0.05) is 13.3 Å². The summed E-state index contributed by atoms with van der Waals surface area (Å²) < 4.78 is 19.9. The number of methoxy groups -OCH3 is 1. The highest BCUT2D eigenvalue weighted by molar-refractivity contribution is 5.23. The third-order valence-electron chi connectivity index (χ3n) is 3.08. The van der Waals surface area contributed by atoms with E-state index in [1.165, 1.54) is 19.3 Å². The zero-order valence-electron chi connectivity index (χ0n) is 11.1. The van der Waals surface area contributed by atoms with Crippen molar-refractivity contribution in [2.24, 2.45) is 0 Å². The Morgan fingerprint density at radius 1 is 1.75 bits per heavy atom. The standard InChI is InChI=1S/C12H18FN3O4/c1-3-5-12(7-17,20-2)9(18)10(13)16-6-4-8(14)15-11(16)19/h3-4,6,9-10,17-18H,1,5,7H2,2H3,(H2,14,15,19)/t9-,10-,12?/m0/s1. The molecular weight excluding hydrogens is 269 g/mol. The van der Waals surface area contributed by atoms with Gasteiger partial charge in [-0.15, -0.1) is 6.58 Å². The van der Waals surface area contributed by atoms with Crippen LogP contribution < -0.4 is 11.4 Å². The highest BCUT2D eigenvalue weighted by atomic mass is 19.1. The van der Waals surface area contributed by atoms with E-state index < -0.39 is 30.3 Å². The van der Waals surface area contributed by atoms with Crippen molar-refractivity contribution in [2.45, 2.75) is 24.4 Å². The normalized spacial score (nSPS) is 17.2. The Balaban J connectivity index is 3.14. The number of rotatable bonds is 7. The van der Waals surface area contributed by atoms with Gasteiger partial charge in [-0.3, -0.25) is 4.57 Å². The first-order chi connectivity index (χ1) is 9.41. The third-order valence-corrected chi connectivity index (χ3v) is 3.08. The van der Waals surface area contributed by atoms with Crippen LogP contribution in [0.5, 0.6) is 0 Å². The van der Waals surface area contributed by atoms with E-state index in [0.29, 0.717) is 4.57 Å². The maximum absolute atomic E-state index is 14.3. The van der Waals surface area contributed by atoms with Gasteiger partial charge in [0.2, 0.25) is 6.30 Å². The Hall–Kier alpha value is -1.77. The molecule has 0 aliphatic rings. The molecule has 0 bridgehead atoms. The van der Waals surface area contributed by atoms with E-state index in [1.807, 2.05) is 0 Å². The van der Waals surface area contributed by atoms with Crippen LogP contribution in [0.15, 0.2) is 29.7 Å². The molecule has 0 saturated heterocycles. The predicted octanol–water partition coefficient (Wildman–Crippen LogP) is -0.392. The number of aliphatic hydroxyl groups is 2. The van der Waals surface area contributed by atoms with Gasteiger partial charge in [0.05, 0.1) is 6.61 Å². The Kier molecular flexibility index (Phi) is 5.37. The molecule has 1 aromatic heterocycles. The number of anilines is 1. The molecule has 0 aromatic carbocycles. The molecule has 0 amide bonds. The fourth-order valence-electron chi connectivity index (χ4n) is 1.81. The summed E-state index contributed by atoms with van der Waals surface area (Å²) in [5.74, 6) is -0.0563. The van der Waals surface area contributed by atoms with E-state index in [-0.39, 0.29) is 12.2 Å². The van der Waals surface area contributed by atoms with Crippen molar-refractivity contribution in [2.75, 3.05) is 19.5 Å². The van der Waals surface area contributed by atoms with Gasteiger partial charge in [0.15, 0.2) is 0 Å². The average Bonchev–Trinajstić information content (AvgIpc) is 2.43. The summed E-state index contributed by atoms with van der Waals surface area (Å²) in [5.41, 5.74) is 2.76. The number of hydrogen-bond donors (Lipinski definition) is 3. The largest absolute Gasteiger partial charge is 0.393 e. The minimum atomic E-state index is -2.15. The molecule has 7 nitrogen and oxygen atoms in total. The van der Waals surface area contributed by atoms with Crippen LogP contribution in [0.3, 0.4) is 0 Å². The fraction of sp³-hybridized carbons (Fsp3) is 0.500. The van der Waals surface area contributed by atoms with Crippen LogP contribution >= 0.6 is 0 Å². The number of hydrogen-bond acceptors (Lipinski definition) is 6. The van der Waals surface area contributed by atoms with Crippen LogP contribution in [-0.4, -0.2) is 45.2 Å². The van der Waals surface area contributed by atoms with Gasteiger partial charge < -0.3 is 20.7 Å². The van der Waals surface area contributed by atoms with E-state index in [0.717, 1.165) is 6.20 Å². The van der Waals surface area contributed by atoms with Crippen LogP contribution in [0.1, 0.15) is 12.7 Å². The lowest BCUT2D eigenvalue weighted by Crippen LogP contribution is -2.51. The van der Waals surface area contributed by atoms with Gasteiger partial charge in [0.25, 0.3) is 0 Å². The molecule has 0 spiro atoms. The zero-order valence-corrected chi connectivity index (χ0v) is 11.1. The van der Waals surface area contributed by atoms with E-state index in [9.17, 15) is 19.4 Å². The number of ether oxygens (including phenoxy) is 1. The summed E-state index contributed by atoms with van der Waals surface area (Å²) >= 11 is 0. The molecular formula is C12H18FN3O4. The van der Waals surface area contributed by atoms with E-state index in [2.05, 4.69) is 11.6 Å². The van der Waals surface area contributed by atoms with E-state index in [4.69, 9.17) is 10.5 Å². The van der Waals surface area contributed by atoms with Gasteiger partial charge in [-0.25, -0.2) is 9.18 Å². The van der Waals surface area contributed by atoms with Gasteiger partial charge in [-0.1, -0.05) is 6.08 Å². The molecule has 1 heterocycles. The fourth-order valence-corrected chi connectivity index (χ4v) is 1.81. The summed E-state index contributed by atoms with van der Waals surface area (Å²) in [6.45, 7) is 2.82. The Morgan fingerprint density at radius 2 is 2.40 bits per heavy atom. The number of alkyl halides is 1. The molecule has 8 heteroatoms. The molecule has 1 aromatic rings. The predicted molar refractivity (Wildman–Crippen MR) is 70.7 cm³/mol. The zero-order chi connectivity index (χ0) is 15.3. The SMILES string of the molecule is C=CCC(CO)(OC)[C@@H](O)[C@@H](F)n1ccc(N)nc1=O. The van der Waals surface area contributed by atoms with Crippen molar-refractivity contribution in [3.05, 3.63) is 35.4 Å². The van der Waals surface area contributed by atoms with Crippen molar-refractivity contribution in [1.29, 1.82) is 0 Å². The van der Waals surface area contributed by atoms with Crippen LogP contribution in [-0.2, 0) is 4.74 Å². The maximum Gasteiger partial charge on any atom is 0.351 e. The summed E-state index contributed by atoms with van der Waals surface area (Å²) in [5, 5.41) is 19.4. The number of nitrogens with two attached hydrogens (primary N) is 1. The highest BCUT2D eigenvalue weighted by Gasteiger charge is 2.42. The average molecular weight is 287 g/mol. The molecule has 0 saturated carbocycles. The molecule has 3 atom stereocenters. The maximum atomic E-state index is 14.3. The van der Waals surface area contributed by atoms with Crippen molar-refractivity contribution in [3.8, 4) is 0 Å². The smallest absolute Gasteiger partial charge is 0.351 e. The number of nitrogens with zero attached hydrogens (tertiary/aromatic N) is 2. The Bertz CT molecular complexity index is 516. The molecule has 4 N–H and O–H groups in total. The first kappa shape index (κ1) is 16.3. The lowest BCUT2D eigenvalue weighted by Gasteiger charge is -2.36. The number of nitrogen functional groups attached to an aromatic ring is 1. The molecule has 1 unspecified atom stereocenters. The molecule has 0 aliphatic heterocycles. The molecule has 0 radical (unpaired) electrons. The second-order valence-electron chi connectivity index (χ2n) is 4.28. The lowest BCUT2D eigenvalue weighted by molar-refractivity contribution is -0.162. The summed E-state index contributed by atoms with van der Waals surface area (Å²) in [4.78, 5) is 14.9. The third kappa shape index (κ3) is 3.03. The van der Waals surface area contributed by atoms with E-state index in [1.54, 1.807) is 0 Å². The number of aromatic nitrogens is 2. The summed E-state index contributed by atoms with van der Waals surface area (Å²) in [6.07, 6.45) is -1.50. The van der Waals surface area contributed by atoms with Crippen LogP contribution in [0.4, 0.5) is 10.2 Å². The van der Waals surface area contributed by atoms with Gasteiger partial charge in [-0.05, 0) is 12.5 Å². The Morgan fingerprint density at radius 3 is 2.85 bits per heavy atom. The first-order valence-corrected chi connectivity index (χ1v) is 5.85. The lowest BCUT2D eigenvalue weighted by atomic mass is 9.92. The van der Waals surface area contributed by atoms with Gasteiger partial charge in [-0.2, -0.15) is 4.98 Å². The second-order valence-corrected chi connectivity index (χ2v) is 4.28. The van der Waals surface area contributed by atoms with E-state index >= 15 is 0 Å². The van der Waals surface area contributed by atoms with Crippen LogP contribution in [0, 0.1) is 0 Å². The van der Waals surface area contributed by atoms with Crippen molar-refractivity contribution < 1.29 is 19.3 Å². The van der Waals surface area contributed by atoms with Crippen molar-refractivity contribution >= 4 is 5.82 Å². The number of halogens is 1. The summed E-state index contributed by atoms with van der Waals surface area (Å²) in [6, 6.07) is 1.22. The monoisotopic (exact) mass is 287 g/mol. The van der Waals surface area contributed by atoms with Crippen LogP contribution in [0.2, 0.25) is 0 Å². The molecule has 112 valence electrons. The van der Waals surface area contributed by atoms with Gasteiger partial charge in [0.1, 0.15) is 17.5 Å². The second kappa shape index (κ2) is 6.60. The van der Waals surface area contributed by atoms with Crippen molar-refractivity contribution in [3.63, 3.8) is 0 Å².